The van der Waals surface area contributed by atoms with Gasteiger partial charge in [0, 0.05) is 17.6 Å². The maximum absolute atomic E-state index is 11.2. The van der Waals surface area contributed by atoms with Gasteiger partial charge in [0.15, 0.2) is 0 Å². The Labute approximate surface area is 143 Å². The van der Waals surface area contributed by atoms with Crippen molar-refractivity contribution in [1.82, 2.24) is 9.78 Å². The highest BCUT2D eigenvalue weighted by molar-refractivity contribution is 7.12. The summed E-state index contributed by atoms with van der Waals surface area (Å²) < 4.78 is 1.76. The van der Waals surface area contributed by atoms with Crippen molar-refractivity contribution in [2.24, 2.45) is 18.0 Å². The molecule has 2 aromatic rings. The minimum absolute atomic E-state index is 0.0644. The first-order valence-electron chi connectivity index (χ1n) is 7.59. The lowest BCUT2D eigenvalue weighted by Gasteiger charge is -2.23. The summed E-state index contributed by atoms with van der Waals surface area (Å²) in [7, 11) is 1.87. The third kappa shape index (κ3) is 3.82. The standard InChI is InChI=1S/C16H18ClN3O2S/c1-20-16(18-13-4-2-3-11(9-13)15(21)22)23-14(19-20)10-5-7-12(17)8-6-10/h5-8,11,13H,2-4,9H2,1H3,(H,21,22). The molecule has 0 saturated heterocycles. The van der Waals surface area contributed by atoms with Gasteiger partial charge in [-0.15, -0.1) is 0 Å². The Kier molecular flexibility index (Phi) is 4.82. The first-order valence-corrected chi connectivity index (χ1v) is 8.79. The van der Waals surface area contributed by atoms with Gasteiger partial charge in [-0.25, -0.2) is 4.68 Å². The zero-order valence-electron chi connectivity index (χ0n) is 12.8. The minimum atomic E-state index is -0.708. The van der Waals surface area contributed by atoms with Gasteiger partial charge >= 0.3 is 5.97 Å². The van der Waals surface area contributed by atoms with E-state index in [-0.39, 0.29) is 12.0 Å². The van der Waals surface area contributed by atoms with Crippen molar-refractivity contribution >= 4 is 28.9 Å². The van der Waals surface area contributed by atoms with Crippen LogP contribution in [0.1, 0.15) is 25.7 Å². The lowest BCUT2D eigenvalue weighted by atomic mass is 9.86. The number of hydrogen-bond acceptors (Lipinski definition) is 4. The van der Waals surface area contributed by atoms with Crippen molar-refractivity contribution in [2.75, 3.05) is 0 Å². The van der Waals surface area contributed by atoms with Gasteiger partial charge in [0.25, 0.3) is 0 Å². The van der Waals surface area contributed by atoms with Crippen LogP contribution in [0.5, 0.6) is 0 Å². The zero-order valence-corrected chi connectivity index (χ0v) is 14.3. The number of rotatable bonds is 3. The summed E-state index contributed by atoms with van der Waals surface area (Å²) in [5.74, 6) is -0.980. The molecule has 2 atom stereocenters. The molecular formula is C16H18ClN3O2S. The van der Waals surface area contributed by atoms with E-state index in [1.165, 1.54) is 11.3 Å². The second-order valence-corrected chi connectivity index (χ2v) is 7.20. The molecule has 5 nitrogen and oxygen atoms in total. The maximum Gasteiger partial charge on any atom is 0.306 e. The van der Waals surface area contributed by atoms with Gasteiger partial charge < -0.3 is 5.11 Å². The highest BCUT2D eigenvalue weighted by atomic mass is 35.5. The van der Waals surface area contributed by atoms with Crippen LogP contribution >= 0.6 is 22.9 Å². The molecule has 2 unspecified atom stereocenters. The van der Waals surface area contributed by atoms with Crippen molar-refractivity contribution in [3.05, 3.63) is 34.1 Å². The number of aromatic nitrogens is 2. The maximum atomic E-state index is 11.2. The Balaban J connectivity index is 1.85. The van der Waals surface area contributed by atoms with Crippen molar-refractivity contribution in [2.45, 2.75) is 31.7 Å². The molecule has 0 aliphatic heterocycles. The Morgan fingerprint density at radius 3 is 2.83 bits per heavy atom. The fourth-order valence-electron chi connectivity index (χ4n) is 2.83. The summed E-state index contributed by atoms with van der Waals surface area (Å²) in [6, 6.07) is 7.62. The molecule has 1 saturated carbocycles. The third-order valence-corrected chi connectivity index (χ3v) is 5.40. The van der Waals surface area contributed by atoms with Crippen LogP contribution in [0.4, 0.5) is 0 Å². The molecular weight excluding hydrogens is 334 g/mol. The van der Waals surface area contributed by atoms with E-state index in [0.29, 0.717) is 11.4 Å². The molecule has 1 aliphatic carbocycles. The van der Waals surface area contributed by atoms with E-state index in [4.69, 9.17) is 16.6 Å². The summed E-state index contributed by atoms with van der Waals surface area (Å²) in [6.07, 6.45) is 3.23. The number of carboxylic acids is 1. The molecule has 0 spiro atoms. The van der Waals surface area contributed by atoms with Gasteiger partial charge in [-0.05, 0) is 31.4 Å². The van der Waals surface area contributed by atoms with E-state index in [2.05, 4.69) is 5.10 Å². The Morgan fingerprint density at radius 1 is 1.39 bits per heavy atom. The Bertz CT molecular complexity index is 766. The summed E-state index contributed by atoms with van der Waals surface area (Å²) >= 11 is 7.43. The van der Waals surface area contributed by atoms with Gasteiger partial charge in [0.1, 0.15) is 5.01 Å². The second-order valence-electron chi connectivity index (χ2n) is 5.80. The molecule has 1 fully saturated rings. The lowest BCUT2D eigenvalue weighted by Crippen LogP contribution is -2.27. The summed E-state index contributed by atoms with van der Waals surface area (Å²) in [4.78, 5) is 16.7. The molecule has 1 N–H and O–H groups in total. The zero-order chi connectivity index (χ0) is 16.4. The van der Waals surface area contributed by atoms with E-state index in [0.717, 1.165) is 34.6 Å². The number of benzene rings is 1. The van der Waals surface area contributed by atoms with Crippen LogP contribution in [-0.2, 0) is 11.8 Å². The van der Waals surface area contributed by atoms with E-state index < -0.39 is 5.97 Å². The van der Waals surface area contributed by atoms with E-state index in [1.54, 1.807) is 4.68 Å². The molecule has 0 radical (unpaired) electrons. The van der Waals surface area contributed by atoms with Crippen molar-refractivity contribution in [1.29, 1.82) is 0 Å². The average molecular weight is 352 g/mol. The van der Waals surface area contributed by atoms with Crippen molar-refractivity contribution in [3.8, 4) is 10.6 Å². The Morgan fingerprint density at radius 2 is 2.13 bits per heavy atom. The molecule has 0 bridgehead atoms. The van der Waals surface area contributed by atoms with Crippen molar-refractivity contribution < 1.29 is 9.90 Å². The SMILES string of the molecule is Cn1nc(-c2ccc(Cl)cc2)sc1=NC1CCCC(C(=O)O)C1. The van der Waals surface area contributed by atoms with E-state index in [9.17, 15) is 9.90 Å². The fraction of sp³-hybridized carbons (Fsp3) is 0.438. The fourth-order valence-corrected chi connectivity index (χ4v) is 3.92. The molecule has 1 heterocycles. The number of nitrogens with zero attached hydrogens (tertiary/aromatic N) is 3. The van der Waals surface area contributed by atoms with Gasteiger partial charge in [-0.1, -0.05) is 41.5 Å². The highest BCUT2D eigenvalue weighted by Gasteiger charge is 2.26. The second kappa shape index (κ2) is 6.84. The van der Waals surface area contributed by atoms with Crippen molar-refractivity contribution in [3.63, 3.8) is 0 Å². The quantitative estimate of drug-likeness (QED) is 0.922. The number of carboxylic acid groups (broad SMARTS) is 1. The molecule has 7 heteroatoms. The highest BCUT2D eigenvalue weighted by Crippen LogP contribution is 2.27. The summed E-state index contributed by atoms with van der Waals surface area (Å²) in [6.45, 7) is 0. The molecule has 122 valence electrons. The summed E-state index contributed by atoms with van der Waals surface area (Å²) in [5.41, 5.74) is 1.00. The monoisotopic (exact) mass is 351 g/mol. The molecule has 1 aliphatic rings. The summed E-state index contributed by atoms with van der Waals surface area (Å²) in [5, 5.41) is 15.3. The van der Waals surface area contributed by atoms with Gasteiger partial charge in [-0.3, -0.25) is 9.79 Å². The number of hydrogen-bond donors (Lipinski definition) is 1. The predicted molar refractivity (Wildman–Crippen MR) is 90.5 cm³/mol. The largest absolute Gasteiger partial charge is 0.481 e. The van der Waals surface area contributed by atoms with Crippen LogP contribution in [0.2, 0.25) is 5.02 Å². The van der Waals surface area contributed by atoms with Crippen LogP contribution in [-0.4, -0.2) is 26.9 Å². The van der Waals surface area contributed by atoms with Crippen LogP contribution in [0.3, 0.4) is 0 Å². The molecule has 1 aromatic carbocycles. The molecule has 23 heavy (non-hydrogen) atoms. The van der Waals surface area contributed by atoms with Gasteiger partial charge in [0.05, 0.1) is 12.0 Å². The Hall–Kier alpha value is -1.66. The first kappa shape index (κ1) is 16.2. The van der Waals surface area contributed by atoms with Gasteiger partial charge in [-0.2, -0.15) is 5.10 Å². The third-order valence-electron chi connectivity index (χ3n) is 4.09. The average Bonchev–Trinajstić information content (AvgIpc) is 2.89. The smallest absolute Gasteiger partial charge is 0.306 e. The van der Waals surface area contributed by atoms with Crippen LogP contribution in [0.15, 0.2) is 29.3 Å². The van der Waals surface area contributed by atoms with Crippen LogP contribution < -0.4 is 4.80 Å². The minimum Gasteiger partial charge on any atom is -0.481 e. The number of aryl methyl sites for hydroxylation is 1. The first-order chi connectivity index (χ1) is 11.0. The molecule has 0 amide bonds. The molecule has 1 aromatic heterocycles. The number of carbonyl (C=O) groups is 1. The molecule has 3 rings (SSSR count). The normalized spacial score (nSPS) is 22.3. The van der Waals surface area contributed by atoms with E-state index in [1.807, 2.05) is 31.3 Å². The predicted octanol–water partition coefficient (Wildman–Crippen LogP) is 3.35. The topological polar surface area (TPSA) is 67.5 Å². The number of halogens is 1. The van der Waals surface area contributed by atoms with E-state index >= 15 is 0 Å². The van der Waals surface area contributed by atoms with Crippen LogP contribution in [0.25, 0.3) is 10.6 Å². The van der Waals surface area contributed by atoms with Gasteiger partial charge in [0.2, 0.25) is 4.80 Å². The lowest BCUT2D eigenvalue weighted by molar-refractivity contribution is -0.142. The van der Waals surface area contributed by atoms with Crippen LogP contribution in [0, 0.1) is 5.92 Å². The number of aliphatic carboxylic acids is 1.